The predicted molar refractivity (Wildman–Crippen MR) is 98.9 cm³/mol. The molecule has 4 nitrogen and oxygen atoms in total. The molecule has 1 aromatic carbocycles. The molecule has 1 heterocycles. The van der Waals surface area contributed by atoms with Gasteiger partial charge >= 0.3 is 0 Å². The van der Waals surface area contributed by atoms with Crippen LogP contribution in [-0.4, -0.2) is 25.3 Å². The van der Waals surface area contributed by atoms with Gasteiger partial charge in [0.1, 0.15) is 0 Å². The van der Waals surface area contributed by atoms with Gasteiger partial charge in [-0.3, -0.25) is 14.9 Å². The number of benzene rings is 1. The summed E-state index contributed by atoms with van der Waals surface area (Å²) in [6.07, 6.45) is 7.12. The van der Waals surface area contributed by atoms with Crippen LogP contribution in [0.15, 0.2) is 24.3 Å². The van der Waals surface area contributed by atoms with Gasteiger partial charge in [-0.2, -0.15) is 0 Å². The van der Waals surface area contributed by atoms with Crippen LogP contribution in [0, 0.1) is 11.8 Å². The van der Waals surface area contributed by atoms with E-state index in [0.29, 0.717) is 36.8 Å². The number of hydrogen-bond donors (Lipinski definition) is 1. The van der Waals surface area contributed by atoms with Crippen molar-refractivity contribution in [3.05, 3.63) is 35.4 Å². The van der Waals surface area contributed by atoms with Crippen molar-refractivity contribution >= 4 is 25.3 Å². The number of carbonyl (C=O) groups excluding carboxylic acids is 3. The van der Waals surface area contributed by atoms with Crippen LogP contribution in [0.3, 0.4) is 0 Å². The molecule has 1 atom stereocenters. The first-order valence-corrected chi connectivity index (χ1v) is 9.43. The summed E-state index contributed by atoms with van der Waals surface area (Å²) in [6, 6.07) is 8.63. The van der Waals surface area contributed by atoms with Crippen LogP contribution < -0.4 is 5.32 Å². The molecule has 1 N–H and O–H groups in total. The van der Waals surface area contributed by atoms with Crippen molar-refractivity contribution in [2.75, 3.05) is 0 Å². The molecule has 1 aliphatic carbocycles. The number of piperidine rings is 1. The first-order valence-electron chi connectivity index (χ1n) is 9.43. The van der Waals surface area contributed by atoms with Crippen molar-refractivity contribution in [2.45, 2.75) is 57.3 Å². The van der Waals surface area contributed by atoms with Gasteiger partial charge in [-0.05, 0) is 67.9 Å². The summed E-state index contributed by atoms with van der Waals surface area (Å²) in [5.74, 6) is 0.778. The molecule has 0 bridgehead atoms. The topological polar surface area (TPSA) is 63.2 Å². The van der Waals surface area contributed by atoms with Gasteiger partial charge in [0, 0.05) is 12.3 Å². The summed E-state index contributed by atoms with van der Waals surface area (Å²) in [5.41, 5.74) is 2.83. The fourth-order valence-corrected chi connectivity index (χ4v) is 4.25. The molecule has 5 heteroatoms. The van der Waals surface area contributed by atoms with E-state index in [-0.39, 0.29) is 17.7 Å². The third kappa shape index (κ3) is 4.80. The first kappa shape index (κ1) is 17.9. The van der Waals surface area contributed by atoms with Crippen molar-refractivity contribution in [2.24, 2.45) is 11.8 Å². The van der Waals surface area contributed by atoms with Gasteiger partial charge in [0.05, 0.1) is 5.68 Å². The standard InChI is InChI=1S/C20H26BNO3/c21-18(23)12-14-3-7-16(8-4-14)15-5-1-13(2-6-15)11-17-9-10-19(24)22-20(17)25/h1-2,5-6,14,16-17H,3-4,7-12,21H2,(H,22,24,25). The molecule has 0 spiro atoms. The highest BCUT2D eigenvalue weighted by Crippen LogP contribution is 2.37. The molecular weight excluding hydrogens is 313 g/mol. The van der Waals surface area contributed by atoms with Crippen molar-refractivity contribution in [1.82, 2.24) is 5.32 Å². The monoisotopic (exact) mass is 339 g/mol. The molecule has 2 fully saturated rings. The maximum atomic E-state index is 11.9. The highest BCUT2D eigenvalue weighted by Gasteiger charge is 2.27. The van der Waals surface area contributed by atoms with Crippen LogP contribution in [0.5, 0.6) is 0 Å². The smallest absolute Gasteiger partial charge is 0.230 e. The molecular formula is C20H26BNO3. The number of carbonyl (C=O) groups is 3. The Balaban J connectivity index is 1.53. The van der Waals surface area contributed by atoms with E-state index in [4.69, 9.17) is 0 Å². The van der Waals surface area contributed by atoms with Gasteiger partial charge in [0.2, 0.25) is 11.8 Å². The summed E-state index contributed by atoms with van der Waals surface area (Å²) in [4.78, 5) is 34.4. The number of rotatable bonds is 5. The van der Waals surface area contributed by atoms with Crippen LogP contribution in [-0.2, 0) is 20.8 Å². The van der Waals surface area contributed by atoms with Crippen molar-refractivity contribution in [1.29, 1.82) is 0 Å². The lowest BCUT2D eigenvalue weighted by Gasteiger charge is -2.28. The second-order valence-corrected chi connectivity index (χ2v) is 7.72. The molecule has 132 valence electrons. The van der Waals surface area contributed by atoms with Gasteiger partial charge in [-0.25, -0.2) is 0 Å². The number of amides is 2. The molecule has 1 unspecified atom stereocenters. The summed E-state index contributed by atoms with van der Waals surface area (Å²) >= 11 is 0. The van der Waals surface area contributed by atoms with Gasteiger partial charge in [-0.1, -0.05) is 24.3 Å². The Morgan fingerprint density at radius 2 is 1.72 bits per heavy atom. The zero-order valence-electron chi connectivity index (χ0n) is 14.9. The molecule has 0 aromatic heterocycles. The molecule has 1 aliphatic heterocycles. The third-order valence-electron chi connectivity index (χ3n) is 5.71. The minimum absolute atomic E-state index is 0.0921. The van der Waals surface area contributed by atoms with Gasteiger partial charge < -0.3 is 4.79 Å². The summed E-state index contributed by atoms with van der Waals surface area (Å²) in [5, 5.41) is 2.43. The molecule has 25 heavy (non-hydrogen) atoms. The molecule has 1 aromatic rings. The SMILES string of the molecule is BC(=O)CC1CCC(c2ccc(CC3CCC(=O)NC3=O)cc2)CC1. The van der Waals surface area contributed by atoms with Gasteiger partial charge in [-0.15, -0.1) is 0 Å². The average Bonchev–Trinajstić information content (AvgIpc) is 2.58. The zero-order valence-corrected chi connectivity index (χ0v) is 14.9. The maximum absolute atomic E-state index is 11.9. The highest BCUT2D eigenvalue weighted by atomic mass is 16.2. The van der Waals surface area contributed by atoms with Gasteiger partial charge in [0.15, 0.2) is 7.85 Å². The number of hydrogen-bond acceptors (Lipinski definition) is 3. The third-order valence-corrected chi connectivity index (χ3v) is 5.71. The lowest BCUT2D eigenvalue weighted by atomic mass is 9.75. The predicted octanol–water partition coefficient (Wildman–Crippen LogP) is 2.11. The summed E-state index contributed by atoms with van der Waals surface area (Å²) in [6.45, 7) is 0. The van der Waals surface area contributed by atoms with Crippen LogP contribution in [0.2, 0.25) is 0 Å². The Kier molecular flexibility index (Phi) is 5.72. The van der Waals surface area contributed by atoms with Crippen molar-refractivity contribution in [3.8, 4) is 0 Å². The second kappa shape index (κ2) is 7.98. The van der Waals surface area contributed by atoms with Crippen LogP contribution in [0.4, 0.5) is 0 Å². The lowest BCUT2D eigenvalue weighted by molar-refractivity contribution is -0.136. The number of imide groups is 1. The minimum Gasteiger partial charge on any atom is -0.312 e. The van der Waals surface area contributed by atoms with Gasteiger partial charge in [0.25, 0.3) is 0 Å². The van der Waals surface area contributed by atoms with E-state index in [0.717, 1.165) is 37.7 Å². The summed E-state index contributed by atoms with van der Waals surface area (Å²) < 4.78 is 0. The molecule has 1 saturated carbocycles. The Morgan fingerprint density at radius 3 is 2.32 bits per heavy atom. The Morgan fingerprint density at radius 1 is 1.04 bits per heavy atom. The first-order chi connectivity index (χ1) is 12.0. The normalized spacial score (nSPS) is 27.0. The molecule has 3 rings (SSSR count). The second-order valence-electron chi connectivity index (χ2n) is 7.72. The van der Waals surface area contributed by atoms with E-state index >= 15 is 0 Å². The maximum Gasteiger partial charge on any atom is 0.230 e. The Hall–Kier alpha value is -1.91. The summed E-state index contributed by atoms with van der Waals surface area (Å²) in [7, 11) is 1.69. The molecule has 2 amide bonds. The van der Waals surface area contributed by atoms with E-state index in [1.54, 1.807) is 7.85 Å². The van der Waals surface area contributed by atoms with E-state index in [1.807, 2.05) is 0 Å². The molecule has 1 saturated heterocycles. The van der Waals surface area contributed by atoms with Crippen molar-refractivity contribution < 1.29 is 14.4 Å². The lowest BCUT2D eigenvalue weighted by Crippen LogP contribution is -2.41. The molecule has 2 aliphatic rings. The fraction of sp³-hybridized carbons (Fsp3) is 0.550. The quantitative estimate of drug-likeness (QED) is 0.660. The van der Waals surface area contributed by atoms with Crippen LogP contribution in [0.25, 0.3) is 0 Å². The van der Waals surface area contributed by atoms with E-state index in [2.05, 4.69) is 29.6 Å². The fourth-order valence-electron chi connectivity index (χ4n) is 4.25. The zero-order chi connectivity index (χ0) is 17.8. The number of nitrogens with one attached hydrogen (secondary N) is 1. The average molecular weight is 339 g/mol. The van der Waals surface area contributed by atoms with E-state index in [9.17, 15) is 14.4 Å². The van der Waals surface area contributed by atoms with Crippen molar-refractivity contribution in [3.63, 3.8) is 0 Å². The Bertz CT molecular complexity index is 647. The largest absolute Gasteiger partial charge is 0.312 e. The molecule has 0 radical (unpaired) electrons. The van der Waals surface area contributed by atoms with Crippen LogP contribution in [0.1, 0.15) is 62.0 Å². The van der Waals surface area contributed by atoms with E-state index < -0.39 is 0 Å². The minimum atomic E-state index is -0.156. The highest BCUT2D eigenvalue weighted by molar-refractivity contribution is 6.57. The Labute approximate surface area is 150 Å². The van der Waals surface area contributed by atoms with E-state index in [1.165, 1.54) is 5.56 Å². The van der Waals surface area contributed by atoms with Crippen LogP contribution >= 0.6 is 0 Å².